The van der Waals surface area contributed by atoms with Crippen LogP contribution in [0.5, 0.6) is 0 Å². The molecule has 0 amide bonds. The minimum Gasteiger partial charge on any atom is -0.363 e. The van der Waals surface area contributed by atoms with Crippen LogP contribution in [0.3, 0.4) is 0 Å². The molecular formula is C14H20N6O3S. The van der Waals surface area contributed by atoms with Gasteiger partial charge in [0.05, 0.1) is 6.20 Å². The summed E-state index contributed by atoms with van der Waals surface area (Å²) in [5.74, 6) is 2.33. The maximum atomic E-state index is 12.5. The summed E-state index contributed by atoms with van der Waals surface area (Å²) in [5.41, 5.74) is 0. The zero-order valence-corrected chi connectivity index (χ0v) is 14.7. The molecule has 3 heterocycles. The Morgan fingerprint density at radius 1 is 1.17 bits per heavy atom. The summed E-state index contributed by atoms with van der Waals surface area (Å²) in [6.45, 7) is 3.74. The normalized spacial score (nSPS) is 16.4. The van der Waals surface area contributed by atoms with Gasteiger partial charge in [0, 0.05) is 46.3 Å². The lowest BCUT2D eigenvalue weighted by molar-refractivity contribution is 0.382. The molecular weight excluding hydrogens is 332 g/mol. The van der Waals surface area contributed by atoms with Gasteiger partial charge in [0.15, 0.2) is 0 Å². The minimum atomic E-state index is -3.54. The molecule has 0 spiro atoms. The van der Waals surface area contributed by atoms with Gasteiger partial charge >= 0.3 is 0 Å². The van der Waals surface area contributed by atoms with Crippen LogP contribution in [-0.2, 0) is 10.0 Å². The molecule has 1 aliphatic rings. The number of hydrogen-bond donors (Lipinski definition) is 0. The third-order valence-electron chi connectivity index (χ3n) is 3.88. The average Bonchev–Trinajstić information content (AvgIpc) is 3.09. The molecule has 130 valence electrons. The number of rotatable bonds is 4. The van der Waals surface area contributed by atoms with Crippen LogP contribution in [0, 0.1) is 6.92 Å². The van der Waals surface area contributed by atoms with E-state index in [2.05, 4.69) is 24.5 Å². The van der Waals surface area contributed by atoms with Crippen LogP contribution in [0.2, 0.25) is 0 Å². The van der Waals surface area contributed by atoms with Crippen molar-refractivity contribution in [1.82, 2.24) is 19.4 Å². The Morgan fingerprint density at radius 2 is 1.88 bits per heavy atom. The average molecular weight is 352 g/mol. The Bertz CT molecular complexity index is 798. The Hall–Kier alpha value is -2.20. The molecule has 0 aromatic carbocycles. The third kappa shape index (κ3) is 3.20. The molecule has 3 rings (SSSR count). The summed E-state index contributed by atoms with van der Waals surface area (Å²) in [5, 5.41) is 3.47. The van der Waals surface area contributed by atoms with Gasteiger partial charge in [-0.1, -0.05) is 5.16 Å². The first-order chi connectivity index (χ1) is 11.4. The van der Waals surface area contributed by atoms with Crippen molar-refractivity contribution in [3.8, 4) is 0 Å². The highest BCUT2D eigenvalue weighted by molar-refractivity contribution is 7.89. The molecule has 0 N–H and O–H groups in total. The lowest BCUT2D eigenvalue weighted by atomic mass is 10.3. The fourth-order valence-electron chi connectivity index (χ4n) is 2.56. The molecule has 0 saturated carbocycles. The van der Waals surface area contributed by atoms with Gasteiger partial charge in [-0.2, -0.15) is 4.31 Å². The Labute approximate surface area is 140 Å². The molecule has 0 bridgehead atoms. The van der Waals surface area contributed by atoms with Gasteiger partial charge in [-0.3, -0.25) is 0 Å². The van der Waals surface area contributed by atoms with Crippen molar-refractivity contribution in [1.29, 1.82) is 0 Å². The van der Waals surface area contributed by atoms with Crippen molar-refractivity contribution in [2.75, 3.05) is 50.1 Å². The molecule has 10 heteroatoms. The van der Waals surface area contributed by atoms with E-state index in [1.807, 2.05) is 32.0 Å². The zero-order chi connectivity index (χ0) is 17.3. The molecule has 24 heavy (non-hydrogen) atoms. The number of anilines is 2. The van der Waals surface area contributed by atoms with Gasteiger partial charge in [-0.05, 0) is 6.92 Å². The topological polar surface area (TPSA) is 95.7 Å². The van der Waals surface area contributed by atoms with Crippen molar-refractivity contribution in [3.63, 3.8) is 0 Å². The minimum absolute atomic E-state index is 0.0868. The Balaban J connectivity index is 1.74. The molecule has 1 fully saturated rings. The van der Waals surface area contributed by atoms with Gasteiger partial charge in [-0.15, -0.1) is 0 Å². The number of piperazine rings is 1. The molecule has 0 aliphatic carbocycles. The first-order valence-corrected chi connectivity index (χ1v) is 8.99. The highest BCUT2D eigenvalue weighted by Gasteiger charge is 2.30. The Morgan fingerprint density at radius 3 is 2.46 bits per heavy atom. The molecule has 2 aromatic rings. The van der Waals surface area contributed by atoms with E-state index in [0.29, 0.717) is 32.0 Å². The Kier molecular flexibility index (Phi) is 4.41. The fourth-order valence-corrected chi connectivity index (χ4v) is 3.84. The number of nitrogens with zero attached hydrogens (tertiary/aromatic N) is 6. The SMILES string of the molecule is Cc1nc(N(C)C)cc(N2CCN(S(=O)(=O)c3cnoc3)CC2)n1. The monoisotopic (exact) mass is 352 g/mol. The molecule has 1 aliphatic heterocycles. The van der Waals surface area contributed by atoms with Crippen molar-refractivity contribution in [2.24, 2.45) is 0 Å². The van der Waals surface area contributed by atoms with Gasteiger partial charge < -0.3 is 14.3 Å². The zero-order valence-electron chi connectivity index (χ0n) is 13.9. The second kappa shape index (κ2) is 6.36. The first kappa shape index (κ1) is 16.7. The van der Waals surface area contributed by atoms with E-state index in [9.17, 15) is 8.42 Å². The number of sulfonamides is 1. The van der Waals surface area contributed by atoms with Crippen molar-refractivity contribution >= 4 is 21.7 Å². The van der Waals surface area contributed by atoms with Gasteiger partial charge in [0.25, 0.3) is 0 Å². The van der Waals surface area contributed by atoms with Crippen molar-refractivity contribution < 1.29 is 12.9 Å². The largest absolute Gasteiger partial charge is 0.363 e. The van der Waals surface area contributed by atoms with Crippen molar-refractivity contribution in [3.05, 3.63) is 24.4 Å². The number of aromatic nitrogens is 3. The molecule has 9 nitrogen and oxygen atoms in total. The molecule has 1 saturated heterocycles. The van der Waals surface area contributed by atoms with Crippen LogP contribution in [0.1, 0.15) is 5.82 Å². The molecule has 0 radical (unpaired) electrons. The smallest absolute Gasteiger partial charge is 0.248 e. The van der Waals surface area contributed by atoms with Crippen LogP contribution in [0.25, 0.3) is 0 Å². The number of aryl methyl sites for hydroxylation is 1. The maximum Gasteiger partial charge on any atom is 0.248 e. The van der Waals surface area contributed by atoms with E-state index in [-0.39, 0.29) is 4.90 Å². The lowest BCUT2D eigenvalue weighted by Crippen LogP contribution is -2.49. The predicted molar refractivity (Wildman–Crippen MR) is 88.6 cm³/mol. The van der Waals surface area contributed by atoms with Crippen LogP contribution >= 0.6 is 0 Å². The molecule has 0 unspecified atom stereocenters. The first-order valence-electron chi connectivity index (χ1n) is 7.55. The maximum absolute atomic E-state index is 12.5. The lowest BCUT2D eigenvalue weighted by Gasteiger charge is -2.34. The van der Waals surface area contributed by atoms with E-state index in [1.54, 1.807) is 0 Å². The third-order valence-corrected chi connectivity index (χ3v) is 5.72. The highest BCUT2D eigenvalue weighted by Crippen LogP contribution is 2.22. The van der Waals surface area contributed by atoms with E-state index in [0.717, 1.165) is 17.9 Å². The van der Waals surface area contributed by atoms with E-state index >= 15 is 0 Å². The summed E-state index contributed by atoms with van der Waals surface area (Å²) < 4.78 is 31.0. The molecule has 0 atom stereocenters. The summed E-state index contributed by atoms with van der Waals surface area (Å²) in [4.78, 5) is 12.9. The van der Waals surface area contributed by atoms with E-state index in [1.165, 1.54) is 10.5 Å². The van der Waals surface area contributed by atoms with Gasteiger partial charge in [-0.25, -0.2) is 18.4 Å². The summed E-state index contributed by atoms with van der Waals surface area (Å²) >= 11 is 0. The second-order valence-corrected chi connectivity index (χ2v) is 7.72. The van der Waals surface area contributed by atoms with Crippen LogP contribution in [0.4, 0.5) is 11.6 Å². The second-order valence-electron chi connectivity index (χ2n) is 5.78. The van der Waals surface area contributed by atoms with Crippen LogP contribution < -0.4 is 9.80 Å². The predicted octanol–water partition coefficient (Wildman–Crippen LogP) is 0.350. The summed E-state index contributed by atoms with van der Waals surface area (Å²) in [7, 11) is 0.307. The van der Waals surface area contributed by atoms with Gasteiger partial charge in [0.1, 0.15) is 28.6 Å². The van der Waals surface area contributed by atoms with E-state index < -0.39 is 10.0 Å². The fraction of sp³-hybridized carbons (Fsp3) is 0.500. The highest BCUT2D eigenvalue weighted by atomic mass is 32.2. The van der Waals surface area contributed by atoms with Crippen LogP contribution in [-0.4, -0.2) is 68.1 Å². The van der Waals surface area contributed by atoms with Crippen LogP contribution in [0.15, 0.2) is 27.9 Å². The molecule has 2 aromatic heterocycles. The quantitative estimate of drug-likeness (QED) is 0.778. The number of hydrogen-bond acceptors (Lipinski definition) is 8. The van der Waals surface area contributed by atoms with Gasteiger partial charge in [0.2, 0.25) is 10.0 Å². The summed E-state index contributed by atoms with van der Waals surface area (Å²) in [6.07, 6.45) is 2.37. The van der Waals surface area contributed by atoms with E-state index in [4.69, 9.17) is 0 Å². The standard InChI is InChI=1S/C14H20N6O3S/c1-11-16-13(18(2)3)8-14(17-11)19-4-6-20(7-5-19)24(21,22)12-9-15-23-10-12/h8-10H,4-7H2,1-3H3. The van der Waals surface area contributed by atoms with Crippen molar-refractivity contribution in [2.45, 2.75) is 11.8 Å². The summed E-state index contributed by atoms with van der Waals surface area (Å²) in [6, 6.07) is 1.91.